The van der Waals surface area contributed by atoms with Gasteiger partial charge in [0.15, 0.2) is 0 Å². The molecule has 0 atom stereocenters. The van der Waals surface area contributed by atoms with Gasteiger partial charge in [0.05, 0.1) is 0 Å². The van der Waals surface area contributed by atoms with Gasteiger partial charge >= 0.3 is 113 Å². The Balaban J connectivity index is 2.58. The second kappa shape index (κ2) is 4.27. The molecular formula is C17H18Sn. The summed E-state index contributed by atoms with van der Waals surface area (Å²) in [4.78, 5) is 7.51. The maximum atomic E-state index is 2.50. The van der Waals surface area contributed by atoms with Crippen LogP contribution in [0.5, 0.6) is 0 Å². The molecule has 0 aliphatic heterocycles. The van der Waals surface area contributed by atoms with Gasteiger partial charge in [0, 0.05) is 0 Å². The molecule has 0 spiro atoms. The summed E-state index contributed by atoms with van der Waals surface area (Å²) in [5.74, 6) is 0. The maximum absolute atomic E-state index is 2.50. The van der Waals surface area contributed by atoms with E-state index in [-0.39, 0.29) is 0 Å². The van der Waals surface area contributed by atoms with Gasteiger partial charge in [-0.2, -0.15) is 0 Å². The van der Waals surface area contributed by atoms with Crippen molar-refractivity contribution in [2.45, 2.75) is 14.8 Å². The summed E-state index contributed by atoms with van der Waals surface area (Å²) < 4.78 is 1.66. The summed E-state index contributed by atoms with van der Waals surface area (Å²) in [6.07, 6.45) is 0. The Morgan fingerprint density at radius 1 is 0.667 bits per heavy atom. The predicted molar refractivity (Wildman–Crippen MR) is 84.4 cm³/mol. The summed E-state index contributed by atoms with van der Waals surface area (Å²) in [5.41, 5.74) is 0. The number of hydrogen-bond donors (Lipinski definition) is 0. The molecule has 18 heavy (non-hydrogen) atoms. The first-order valence-corrected chi connectivity index (χ1v) is 16.5. The fourth-order valence-corrected chi connectivity index (χ4v) is 8.73. The molecule has 0 nitrogen and oxygen atoms in total. The third-order valence-corrected chi connectivity index (χ3v) is 9.34. The molecule has 0 saturated carbocycles. The van der Waals surface area contributed by atoms with E-state index in [0.29, 0.717) is 0 Å². The van der Waals surface area contributed by atoms with Crippen molar-refractivity contribution >= 4 is 43.5 Å². The average molecular weight is 341 g/mol. The zero-order valence-corrected chi connectivity index (χ0v) is 14.1. The van der Waals surface area contributed by atoms with E-state index in [4.69, 9.17) is 0 Å². The SMILES string of the molecule is [CH3][Sn]([CH3])([CH3])[c]1c2ccccc2cc2ccccc12. The van der Waals surface area contributed by atoms with Crippen molar-refractivity contribution in [3.63, 3.8) is 0 Å². The van der Waals surface area contributed by atoms with Crippen LogP contribution in [0.2, 0.25) is 14.8 Å². The van der Waals surface area contributed by atoms with E-state index >= 15 is 0 Å². The van der Waals surface area contributed by atoms with E-state index in [2.05, 4.69) is 69.4 Å². The van der Waals surface area contributed by atoms with Gasteiger partial charge < -0.3 is 0 Å². The van der Waals surface area contributed by atoms with Crippen LogP contribution < -0.4 is 3.58 Å². The van der Waals surface area contributed by atoms with Gasteiger partial charge in [-0.1, -0.05) is 0 Å². The van der Waals surface area contributed by atoms with Crippen molar-refractivity contribution < 1.29 is 0 Å². The second-order valence-electron chi connectivity index (χ2n) is 5.94. The first-order chi connectivity index (χ1) is 8.57. The molecule has 1 heteroatoms. The van der Waals surface area contributed by atoms with Crippen molar-refractivity contribution in [2.75, 3.05) is 0 Å². The Hall–Kier alpha value is -1.02. The van der Waals surface area contributed by atoms with E-state index in [9.17, 15) is 0 Å². The average Bonchev–Trinajstić information content (AvgIpc) is 2.34. The first-order valence-electron chi connectivity index (χ1n) is 6.48. The molecular weight excluding hydrogens is 323 g/mol. The zero-order valence-electron chi connectivity index (χ0n) is 11.2. The van der Waals surface area contributed by atoms with Gasteiger partial charge in [0.2, 0.25) is 0 Å². The van der Waals surface area contributed by atoms with Gasteiger partial charge in [-0.05, 0) is 0 Å². The second-order valence-corrected chi connectivity index (χ2v) is 20.2. The van der Waals surface area contributed by atoms with E-state index in [0.717, 1.165) is 0 Å². The third-order valence-electron chi connectivity index (χ3n) is 3.52. The van der Waals surface area contributed by atoms with Gasteiger partial charge in [-0.3, -0.25) is 0 Å². The van der Waals surface area contributed by atoms with E-state index < -0.39 is 18.4 Å². The summed E-state index contributed by atoms with van der Waals surface area (Å²) in [7, 11) is 0. The van der Waals surface area contributed by atoms with Crippen molar-refractivity contribution in [2.24, 2.45) is 0 Å². The Labute approximate surface area is 113 Å². The molecule has 3 aromatic rings. The van der Waals surface area contributed by atoms with Gasteiger partial charge in [-0.15, -0.1) is 0 Å². The van der Waals surface area contributed by atoms with Gasteiger partial charge in [-0.25, -0.2) is 0 Å². The number of hydrogen-bond acceptors (Lipinski definition) is 0. The molecule has 0 aliphatic carbocycles. The summed E-state index contributed by atoms with van der Waals surface area (Å²) >= 11 is -2.14. The molecule has 90 valence electrons. The van der Waals surface area contributed by atoms with Crippen LogP contribution in [0.3, 0.4) is 0 Å². The summed E-state index contributed by atoms with van der Waals surface area (Å²) in [6, 6.07) is 20.0. The standard InChI is InChI=1S/C14H9.3CH3.Sn/c1-2-6-12-10-14-8-4-3-7-13(14)9-11(12)5-1;;;;/h1-9H;3*1H3;. The normalized spacial score (nSPS) is 12.2. The molecule has 0 radical (unpaired) electrons. The fourth-order valence-electron chi connectivity index (χ4n) is 2.82. The fraction of sp³-hybridized carbons (Fsp3) is 0.176. The van der Waals surface area contributed by atoms with Crippen LogP contribution in [0, 0.1) is 0 Å². The molecule has 0 aromatic heterocycles. The molecule has 0 heterocycles. The molecule has 3 rings (SSSR count). The van der Waals surface area contributed by atoms with Crippen molar-refractivity contribution in [3.8, 4) is 0 Å². The Morgan fingerprint density at radius 3 is 1.56 bits per heavy atom. The van der Waals surface area contributed by atoms with E-state index in [1.165, 1.54) is 21.5 Å². The minimum atomic E-state index is -2.14. The third kappa shape index (κ3) is 1.93. The van der Waals surface area contributed by atoms with E-state index in [1.54, 1.807) is 3.58 Å². The Kier molecular flexibility index (Phi) is 2.85. The molecule has 0 aliphatic rings. The van der Waals surface area contributed by atoms with Crippen LogP contribution in [0.1, 0.15) is 0 Å². The monoisotopic (exact) mass is 342 g/mol. The molecule has 0 amide bonds. The molecule has 0 N–H and O–H groups in total. The van der Waals surface area contributed by atoms with Crippen LogP contribution in [-0.4, -0.2) is 18.4 Å². The predicted octanol–water partition coefficient (Wildman–Crippen LogP) is 4.54. The minimum absolute atomic E-state index is 1.39. The molecule has 0 saturated heterocycles. The van der Waals surface area contributed by atoms with Crippen LogP contribution in [0.15, 0.2) is 54.6 Å². The quantitative estimate of drug-likeness (QED) is 0.450. The van der Waals surface area contributed by atoms with Crippen LogP contribution in [0.4, 0.5) is 0 Å². The van der Waals surface area contributed by atoms with Gasteiger partial charge in [0.25, 0.3) is 0 Å². The van der Waals surface area contributed by atoms with Crippen LogP contribution in [0.25, 0.3) is 21.5 Å². The zero-order chi connectivity index (χ0) is 12.8. The summed E-state index contributed by atoms with van der Waals surface area (Å²) in [5, 5.41) is 5.72. The molecule has 3 aromatic carbocycles. The molecule has 0 bridgehead atoms. The number of fused-ring (bicyclic) bond motifs is 2. The topological polar surface area (TPSA) is 0 Å². The van der Waals surface area contributed by atoms with Crippen molar-refractivity contribution in [1.82, 2.24) is 0 Å². The first kappa shape index (κ1) is 12.0. The molecule has 0 unspecified atom stereocenters. The van der Waals surface area contributed by atoms with Gasteiger partial charge in [0.1, 0.15) is 0 Å². The Morgan fingerprint density at radius 2 is 1.11 bits per heavy atom. The van der Waals surface area contributed by atoms with Crippen molar-refractivity contribution in [1.29, 1.82) is 0 Å². The summed E-state index contributed by atoms with van der Waals surface area (Å²) in [6.45, 7) is 0. The Bertz CT molecular complexity index is 666. The van der Waals surface area contributed by atoms with Crippen molar-refractivity contribution in [3.05, 3.63) is 54.6 Å². The van der Waals surface area contributed by atoms with Crippen LogP contribution >= 0.6 is 0 Å². The molecule has 0 fully saturated rings. The number of rotatable bonds is 1. The number of benzene rings is 3. The van der Waals surface area contributed by atoms with E-state index in [1.807, 2.05) is 0 Å². The van der Waals surface area contributed by atoms with Crippen LogP contribution in [-0.2, 0) is 0 Å².